The van der Waals surface area contributed by atoms with Crippen LogP contribution in [0.25, 0.3) is 17.3 Å². The Labute approximate surface area is 154 Å². The normalized spacial score (nSPS) is 12.1. The molecule has 2 aromatic heterocycles. The summed E-state index contributed by atoms with van der Waals surface area (Å²) < 4.78 is 6.52. The summed E-state index contributed by atoms with van der Waals surface area (Å²) in [6.07, 6.45) is 0.518. The van der Waals surface area contributed by atoms with E-state index in [4.69, 9.17) is 4.52 Å². The van der Waals surface area contributed by atoms with Crippen LogP contribution >= 0.6 is 0 Å². The maximum atomic E-state index is 12.4. The predicted molar refractivity (Wildman–Crippen MR) is 96.7 cm³/mol. The van der Waals surface area contributed by atoms with Crippen LogP contribution in [-0.4, -0.2) is 37.9 Å². The summed E-state index contributed by atoms with van der Waals surface area (Å²) in [5.41, 5.74) is 0.0944. The lowest BCUT2D eigenvalue weighted by Crippen LogP contribution is -2.24. The maximum absolute atomic E-state index is 12.4. The molecular formula is C17H18N6O4. The van der Waals surface area contributed by atoms with Crippen LogP contribution in [-0.2, 0) is 6.42 Å². The summed E-state index contributed by atoms with van der Waals surface area (Å²) in [6, 6.07) is 7.61. The molecule has 1 aromatic carbocycles. The number of likely N-dealkylation sites (N-methyl/N-ethyl adjacent to an activating group) is 1. The second-order valence-electron chi connectivity index (χ2n) is 6.07. The van der Waals surface area contributed by atoms with E-state index in [1.54, 1.807) is 25.1 Å². The third-order valence-electron chi connectivity index (χ3n) is 4.07. The Bertz CT molecular complexity index is 1040. The summed E-state index contributed by atoms with van der Waals surface area (Å²) in [6.45, 7) is 3.60. The lowest BCUT2D eigenvalue weighted by molar-refractivity contribution is -0.384. The zero-order chi connectivity index (χ0) is 19.6. The molecule has 140 valence electrons. The van der Waals surface area contributed by atoms with E-state index in [1.807, 2.05) is 14.0 Å². The van der Waals surface area contributed by atoms with Crippen molar-refractivity contribution >= 4 is 5.69 Å². The minimum Gasteiger partial charge on any atom is -0.332 e. The molecule has 1 atom stereocenters. The van der Waals surface area contributed by atoms with Gasteiger partial charge >= 0.3 is 0 Å². The van der Waals surface area contributed by atoms with Crippen molar-refractivity contribution in [3.05, 3.63) is 62.2 Å². The molecule has 2 heterocycles. The van der Waals surface area contributed by atoms with Gasteiger partial charge < -0.3 is 9.84 Å². The molecule has 0 saturated heterocycles. The maximum Gasteiger partial charge on any atom is 0.294 e. The first kappa shape index (κ1) is 18.4. The van der Waals surface area contributed by atoms with Gasteiger partial charge in [0.1, 0.15) is 5.69 Å². The van der Waals surface area contributed by atoms with Crippen LogP contribution in [0.2, 0.25) is 0 Å². The largest absolute Gasteiger partial charge is 0.332 e. The monoisotopic (exact) mass is 370 g/mol. The van der Waals surface area contributed by atoms with Crippen LogP contribution < -0.4 is 10.7 Å². The number of aromatic nitrogens is 4. The van der Waals surface area contributed by atoms with Crippen molar-refractivity contribution in [3.8, 4) is 17.3 Å². The van der Waals surface area contributed by atoms with Crippen molar-refractivity contribution in [2.45, 2.75) is 26.3 Å². The number of benzene rings is 1. The van der Waals surface area contributed by atoms with Gasteiger partial charge in [0.15, 0.2) is 11.5 Å². The Balaban J connectivity index is 2.09. The molecule has 0 aliphatic heterocycles. The smallest absolute Gasteiger partial charge is 0.294 e. The standard InChI is InChI=1S/C17H18N6O4/c1-10(18-3)8-15-19-17(27-21-15)16-14(24)9-11(2)22(20-16)12-6-4-5-7-13(12)23(25)26/h4-7,9-10,18H,8H2,1-3H3. The van der Waals surface area contributed by atoms with E-state index in [2.05, 4.69) is 20.6 Å². The van der Waals surface area contributed by atoms with E-state index in [0.29, 0.717) is 17.9 Å². The topological polar surface area (TPSA) is 129 Å². The van der Waals surface area contributed by atoms with Gasteiger partial charge in [-0.15, -0.1) is 0 Å². The molecule has 0 aliphatic carbocycles. The molecule has 10 nitrogen and oxygen atoms in total. The summed E-state index contributed by atoms with van der Waals surface area (Å²) in [4.78, 5) is 27.4. The molecular weight excluding hydrogens is 352 g/mol. The highest BCUT2D eigenvalue weighted by atomic mass is 16.6. The Kier molecular flexibility index (Phi) is 5.08. The molecule has 0 aliphatic rings. The van der Waals surface area contributed by atoms with E-state index >= 15 is 0 Å². The first-order valence-electron chi connectivity index (χ1n) is 8.25. The fourth-order valence-electron chi connectivity index (χ4n) is 2.55. The van der Waals surface area contributed by atoms with E-state index in [0.717, 1.165) is 0 Å². The van der Waals surface area contributed by atoms with Crippen LogP contribution in [0.1, 0.15) is 18.4 Å². The van der Waals surface area contributed by atoms with E-state index in [-0.39, 0.29) is 29.0 Å². The second-order valence-corrected chi connectivity index (χ2v) is 6.07. The average molecular weight is 370 g/mol. The third kappa shape index (κ3) is 3.75. The molecule has 0 bridgehead atoms. The molecule has 27 heavy (non-hydrogen) atoms. The molecule has 1 unspecified atom stereocenters. The Morgan fingerprint density at radius 2 is 2.11 bits per heavy atom. The van der Waals surface area contributed by atoms with Gasteiger partial charge in [-0.3, -0.25) is 14.9 Å². The van der Waals surface area contributed by atoms with Gasteiger partial charge in [0.05, 0.1) is 4.92 Å². The SMILES string of the molecule is CNC(C)Cc1noc(-c2nn(-c3ccccc3[N+](=O)[O-])c(C)cc2=O)n1. The zero-order valence-corrected chi connectivity index (χ0v) is 15.0. The summed E-state index contributed by atoms with van der Waals surface area (Å²) >= 11 is 0. The minimum atomic E-state index is -0.502. The molecule has 0 fully saturated rings. The van der Waals surface area contributed by atoms with Crippen molar-refractivity contribution < 1.29 is 9.45 Å². The first-order chi connectivity index (χ1) is 12.9. The number of hydrogen-bond donors (Lipinski definition) is 1. The molecule has 10 heteroatoms. The Morgan fingerprint density at radius 3 is 2.81 bits per heavy atom. The van der Waals surface area contributed by atoms with Gasteiger partial charge in [-0.25, -0.2) is 4.68 Å². The molecule has 3 aromatic rings. The van der Waals surface area contributed by atoms with Crippen molar-refractivity contribution in [1.29, 1.82) is 0 Å². The number of nitrogens with zero attached hydrogens (tertiary/aromatic N) is 5. The molecule has 0 spiro atoms. The summed E-state index contributed by atoms with van der Waals surface area (Å²) in [5, 5.41) is 22.5. The van der Waals surface area contributed by atoms with Crippen LogP contribution in [0.15, 0.2) is 39.6 Å². The first-order valence-corrected chi connectivity index (χ1v) is 8.25. The van der Waals surface area contributed by atoms with Crippen LogP contribution in [0.3, 0.4) is 0 Å². The number of nitro benzene ring substituents is 1. The lowest BCUT2D eigenvalue weighted by atomic mass is 10.2. The zero-order valence-electron chi connectivity index (χ0n) is 15.0. The van der Waals surface area contributed by atoms with Gasteiger partial charge in [0, 0.05) is 30.3 Å². The minimum absolute atomic E-state index is 0.0226. The number of nitrogens with one attached hydrogen (secondary N) is 1. The van der Waals surface area contributed by atoms with Gasteiger partial charge in [-0.1, -0.05) is 17.3 Å². The summed E-state index contributed by atoms with van der Waals surface area (Å²) in [5.74, 6) is 0.413. The van der Waals surface area contributed by atoms with E-state index in [1.165, 1.54) is 16.8 Å². The van der Waals surface area contributed by atoms with Crippen LogP contribution in [0.5, 0.6) is 0 Å². The average Bonchev–Trinajstić information content (AvgIpc) is 3.09. The van der Waals surface area contributed by atoms with Crippen molar-refractivity contribution in [3.63, 3.8) is 0 Å². The molecule has 0 saturated carbocycles. The predicted octanol–water partition coefficient (Wildman–Crippen LogP) is 1.65. The highest BCUT2D eigenvalue weighted by molar-refractivity contribution is 5.54. The molecule has 0 amide bonds. The van der Waals surface area contributed by atoms with Crippen molar-refractivity contribution in [2.24, 2.45) is 0 Å². The summed E-state index contributed by atoms with van der Waals surface area (Å²) in [7, 11) is 1.82. The quantitative estimate of drug-likeness (QED) is 0.512. The highest BCUT2D eigenvalue weighted by Crippen LogP contribution is 2.23. The lowest BCUT2D eigenvalue weighted by Gasteiger charge is -2.10. The van der Waals surface area contributed by atoms with Gasteiger partial charge in [-0.2, -0.15) is 10.1 Å². The van der Waals surface area contributed by atoms with Crippen molar-refractivity contribution in [2.75, 3.05) is 7.05 Å². The number of rotatable bonds is 6. The Morgan fingerprint density at radius 1 is 1.37 bits per heavy atom. The second kappa shape index (κ2) is 7.46. The van der Waals surface area contributed by atoms with Crippen LogP contribution in [0, 0.1) is 17.0 Å². The fraction of sp³-hybridized carbons (Fsp3) is 0.294. The fourth-order valence-corrected chi connectivity index (χ4v) is 2.55. The number of nitro groups is 1. The number of hydrogen-bond acceptors (Lipinski definition) is 8. The van der Waals surface area contributed by atoms with Crippen LogP contribution in [0.4, 0.5) is 5.69 Å². The molecule has 1 N–H and O–H groups in total. The number of aryl methyl sites for hydroxylation is 1. The van der Waals surface area contributed by atoms with Gasteiger partial charge in [0.25, 0.3) is 11.6 Å². The van der Waals surface area contributed by atoms with E-state index in [9.17, 15) is 14.9 Å². The highest BCUT2D eigenvalue weighted by Gasteiger charge is 2.20. The van der Waals surface area contributed by atoms with Gasteiger partial charge in [0.2, 0.25) is 5.43 Å². The molecule has 0 radical (unpaired) electrons. The number of para-hydroxylation sites is 2. The van der Waals surface area contributed by atoms with Crippen molar-refractivity contribution in [1.82, 2.24) is 25.2 Å². The van der Waals surface area contributed by atoms with Gasteiger partial charge in [-0.05, 0) is 27.0 Å². The van der Waals surface area contributed by atoms with E-state index < -0.39 is 10.4 Å². The Hall–Kier alpha value is -3.40. The molecule has 3 rings (SSSR count). The third-order valence-corrected chi connectivity index (χ3v) is 4.07.